The molecule has 100 valence electrons. The normalized spacial score (nSPS) is 6.95. The molecule has 0 saturated heterocycles. The van der Waals surface area contributed by atoms with E-state index in [1.54, 1.807) is 26.2 Å². The van der Waals surface area contributed by atoms with E-state index in [4.69, 9.17) is 0 Å². The Morgan fingerprint density at radius 3 is 1.16 bits per heavy atom. The van der Waals surface area contributed by atoms with Gasteiger partial charge in [-0.15, -0.1) is 0 Å². The largest absolute Gasteiger partial charge is 2.00 e. The van der Waals surface area contributed by atoms with Gasteiger partial charge in [0.05, 0.1) is 0 Å². The van der Waals surface area contributed by atoms with Crippen LogP contribution in [0.1, 0.15) is 13.8 Å². The van der Waals surface area contributed by atoms with E-state index in [0.717, 1.165) is 9.18 Å². The molecule has 0 fully saturated rings. The summed E-state index contributed by atoms with van der Waals surface area (Å²) in [4.78, 5) is 7.85. The van der Waals surface area contributed by atoms with E-state index in [9.17, 15) is 0 Å². The standard InChI is InChI=1S/2C5H5NSe.2C2H5.Sn/c2*7-5-3-1-2-4-6-5;2*1-2;/h2*1-4H,(H,6,7);2*1H2,2H3;/q;;;;+2/p-2. The Hall–Kier alpha value is 0.138. The van der Waals surface area contributed by atoms with Gasteiger partial charge in [0.25, 0.3) is 0 Å². The second-order valence-corrected chi connectivity index (χ2v) is 4.09. The maximum atomic E-state index is 3.92. The van der Waals surface area contributed by atoms with Crippen molar-refractivity contribution in [2.24, 2.45) is 0 Å². The molecule has 2 aromatic heterocycles. The van der Waals surface area contributed by atoms with Gasteiger partial charge in [-0.3, -0.25) is 0 Å². The van der Waals surface area contributed by atoms with Crippen molar-refractivity contribution >= 4 is 65.1 Å². The summed E-state index contributed by atoms with van der Waals surface area (Å²) in [5.74, 6) is 0. The third-order valence-corrected chi connectivity index (χ3v) is 2.29. The summed E-state index contributed by atoms with van der Waals surface area (Å²) in [6.45, 7) is 10.0. The molecule has 0 unspecified atom stereocenters. The maximum Gasteiger partial charge on any atom is 2.00 e. The quantitative estimate of drug-likeness (QED) is 0.516. The van der Waals surface area contributed by atoms with Crippen molar-refractivity contribution in [1.82, 2.24) is 9.97 Å². The molecule has 0 saturated carbocycles. The summed E-state index contributed by atoms with van der Waals surface area (Å²) >= 11 is 5.58. The van der Waals surface area contributed by atoms with Gasteiger partial charge in [-0.1, -0.05) is 27.7 Å². The van der Waals surface area contributed by atoms with E-state index in [-0.39, 0.29) is 23.9 Å². The van der Waals surface area contributed by atoms with Gasteiger partial charge in [0.2, 0.25) is 0 Å². The first kappa shape index (κ1) is 24.2. The van der Waals surface area contributed by atoms with Crippen molar-refractivity contribution in [2.75, 3.05) is 0 Å². The molecule has 4 radical (unpaired) electrons. The van der Waals surface area contributed by atoms with Crippen molar-refractivity contribution in [3.05, 3.63) is 62.6 Å². The number of rotatable bonds is 0. The molecule has 2 rings (SSSR count). The SMILES string of the molecule is [CH2]C.[CH2]C.[Se-]c1ccccn1.[Se-]c1ccccn1.[Sn+2]. The summed E-state index contributed by atoms with van der Waals surface area (Å²) in [6.07, 6.45) is 3.51. The van der Waals surface area contributed by atoms with Crippen LogP contribution < -0.4 is 9.18 Å². The molecular formula is C14H18N2Se2Sn. The predicted molar refractivity (Wildman–Crippen MR) is 87.1 cm³/mol. The van der Waals surface area contributed by atoms with Crippen molar-refractivity contribution < 1.29 is 0 Å². The number of aromatic nitrogens is 2. The molecule has 0 atom stereocenters. The molecule has 0 aliphatic carbocycles. The van der Waals surface area contributed by atoms with Gasteiger partial charge in [-0.2, -0.15) is 0 Å². The molecule has 0 N–H and O–H groups in total. The van der Waals surface area contributed by atoms with Crippen LogP contribution in [0.4, 0.5) is 0 Å². The van der Waals surface area contributed by atoms with E-state index < -0.39 is 0 Å². The predicted octanol–water partition coefficient (Wildman–Crippen LogP) is 1.05. The van der Waals surface area contributed by atoms with Crippen LogP contribution in [0.15, 0.2) is 48.8 Å². The molecule has 5 heteroatoms. The molecule has 0 aliphatic rings. The van der Waals surface area contributed by atoms with Gasteiger partial charge >= 0.3 is 124 Å². The molecule has 19 heavy (non-hydrogen) atoms. The first-order valence-corrected chi connectivity index (χ1v) is 7.08. The molecule has 0 spiro atoms. The number of hydrogen-bond donors (Lipinski definition) is 0. The van der Waals surface area contributed by atoms with Gasteiger partial charge < -0.3 is 0 Å². The van der Waals surface area contributed by atoms with Gasteiger partial charge in [-0.25, -0.2) is 0 Å². The van der Waals surface area contributed by atoms with Crippen LogP contribution in [-0.2, 0) is 0 Å². The minimum Gasteiger partial charge on any atom is 2.00 e. The number of hydrogen-bond acceptors (Lipinski definition) is 2. The van der Waals surface area contributed by atoms with E-state index in [0.29, 0.717) is 0 Å². The average molecular weight is 491 g/mol. The molecule has 2 heterocycles. The van der Waals surface area contributed by atoms with Crippen LogP contribution >= 0.6 is 0 Å². The van der Waals surface area contributed by atoms with Crippen molar-refractivity contribution in [3.63, 3.8) is 0 Å². The zero-order chi connectivity index (χ0) is 14.2. The fraction of sp³-hybridized carbons (Fsp3) is 0.143. The maximum absolute atomic E-state index is 3.92. The molecule has 0 aliphatic heterocycles. The van der Waals surface area contributed by atoms with Crippen molar-refractivity contribution in [3.8, 4) is 0 Å². The summed E-state index contributed by atoms with van der Waals surface area (Å²) in [7, 11) is 0. The zero-order valence-electron chi connectivity index (χ0n) is 11.2. The van der Waals surface area contributed by atoms with Crippen molar-refractivity contribution in [2.45, 2.75) is 13.8 Å². The minimum atomic E-state index is 0. The Labute approximate surface area is 150 Å². The van der Waals surface area contributed by atoms with Gasteiger partial charge in [0.15, 0.2) is 0 Å². The van der Waals surface area contributed by atoms with Crippen LogP contribution in [0.25, 0.3) is 0 Å². The van der Waals surface area contributed by atoms with E-state index >= 15 is 0 Å². The van der Waals surface area contributed by atoms with Gasteiger partial charge in [-0.05, 0) is 0 Å². The fourth-order valence-electron chi connectivity index (χ4n) is 0.694. The molecule has 2 nitrogen and oxygen atoms in total. The van der Waals surface area contributed by atoms with Crippen LogP contribution in [0.3, 0.4) is 0 Å². The van der Waals surface area contributed by atoms with Crippen LogP contribution in [0.2, 0.25) is 0 Å². The van der Waals surface area contributed by atoms with E-state index in [1.165, 1.54) is 0 Å². The van der Waals surface area contributed by atoms with Crippen molar-refractivity contribution in [1.29, 1.82) is 0 Å². The summed E-state index contributed by atoms with van der Waals surface area (Å²) < 4.78 is 1.89. The van der Waals surface area contributed by atoms with E-state index in [2.05, 4.69) is 55.8 Å². The zero-order valence-corrected chi connectivity index (χ0v) is 17.5. The molecule has 0 amide bonds. The molecule has 2 aromatic rings. The van der Waals surface area contributed by atoms with Crippen LogP contribution in [0, 0.1) is 13.8 Å². The third-order valence-electron chi connectivity index (χ3n) is 1.28. The topological polar surface area (TPSA) is 25.8 Å². The third kappa shape index (κ3) is 18.1. The Morgan fingerprint density at radius 1 is 0.737 bits per heavy atom. The summed E-state index contributed by atoms with van der Waals surface area (Å²) in [5.41, 5.74) is 0. The van der Waals surface area contributed by atoms with Crippen LogP contribution in [-0.4, -0.2) is 65.9 Å². The first-order valence-electron chi connectivity index (χ1n) is 5.36. The second kappa shape index (κ2) is 20.5. The minimum absolute atomic E-state index is 0. The average Bonchev–Trinajstić information content (AvgIpc) is 2.46. The fourth-order valence-corrected chi connectivity index (χ4v) is 1.28. The van der Waals surface area contributed by atoms with Gasteiger partial charge in [0.1, 0.15) is 0 Å². The molecule has 0 aromatic carbocycles. The Kier molecular flexibility index (Phi) is 26.0. The molecule has 0 bridgehead atoms. The Morgan fingerprint density at radius 2 is 1.05 bits per heavy atom. The summed E-state index contributed by atoms with van der Waals surface area (Å²) in [6, 6.07) is 11.5. The summed E-state index contributed by atoms with van der Waals surface area (Å²) in [5, 5.41) is 0. The second-order valence-electron chi connectivity index (χ2n) is 2.34. The Bertz CT molecular complexity index is 321. The van der Waals surface area contributed by atoms with Gasteiger partial charge in [0, 0.05) is 0 Å². The smallest absolute Gasteiger partial charge is 2.00 e. The number of nitrogens with zero attached hydrogens (tertiary/aromatic N) is 2. The van der Waals surface area contributed by atoms with E-state index in [1.807, 2.05) is 36.4 Å². The monoisotopic (exact) mass is 494 g/mol. The number of pyridine rings is 2. The van der Waals surface area contributed by atoms with Crippen LogP contribution in [0.5, 0.6) is 0 Å². The Balaban J connectivity index is -0.000000205. The first-order chi connectivity index (χ1) is 8.79. The molecular weight excluding hydrogens is 473 g/mol.